The zero-order chi connectivity index (χ0) is 28.4. The normalized spacial score (nSPS) is 21.3. The number of fused-ring (bicyclic) bond motifs is 3. The molecule has 2 aliphatic heterocycles. The number of imidazole rings is 1. The Morgan fingerprint density at radius 1 is 0.822 bits per heavy atom. The van der Waals surface area contributed by atoms with E-state index < -0.39 is 0 Å². The Kier molecular flexibility index (Phi) is 9.36. The minimum atomic E-state index is -0.228. The van der Waals surface area contributed by atoms with E-state index in [-0.39, 0.29) is 48.9 Å². The summed E-state index contributed by atoms with van der Waals surface area (Å²) in [6.07, 6.45) is 8.67. The van der Waals surface area contributed by atoms with Crippen LogP contribution in [0, 0.1) is 0 Å². The number of benzene rings is 2. The minimum absolute atomic E-state index is 0. The van der Waals surface area contributed by atoms with Gasteiger partial charge >= 0.3 is 0 Å². The van der Waals surface area contributed by atoms with Gasteiger partial charge in [-0.05, 0) is 99.0 Å². The summed E-state index contributed by atoms with van der Waals surface area (Å²) in [7, 11) is 0. The summed E-state index contributed by atoms with van der Waals surface area (Å²) in [6.45, 7) is 0. The molecule has 0 spiro atoms. The molecule has 8 rings (SSSR count). The Labute approximate surface area is 281 Å². The maximum absolute atomic E-state index is 10.3. The number of hydrogen-bond donors (Lipinski definition) is 3. The highest BCUT2D eigenvalue weighted by Gasteiger charge is 2.40. The molecule has 2 unspecified atom stereocenters. The van der Waals surface area contributed by atoms with Crippen LogP contribution >= 0.6 is 37.2 Å². The smallest absolute Gasteiger partial charge is 0.165 e. The average molecular weight is 667 g/mol. The summed E-state index contributed by atoms with van der Waals surface area (Å²) in [5.74, 6) is 1.13. The molecule has 5 aromatic rings. The minimum Gasteiger partial charge on any atom is -0.393 e. The van der Waals surface area contributed by atoms with Crippen LogP contribution in [0.15, 0.2) is 79.0 Å². The second kappa shape index (κ2) is 12.8. The van der Waals surface area contributed by atoms with Crippen molar-refractivity contribution in [3.63, 3.8) is 0 Å². The maximum atomic E-state index is 10.3. The Morgan fingerprint density at radius 2 is 1.56 bits per heavy atom. The molecule has 5 heterocycles. The van der Waals surface area contributed by atoms with Gasteiger partial charge in [0.2, 0.25) is 0 Å². The number of aromatic nitrogens is 4. The lowest BCUT2D eigenvalue weighted by Crippen LogP contribution is -2.44. The SMILES string of the molecule is Cl.Cl.Cl.Nc1ncccc1-c1nc2ccc(-c3cccc(N4C5CCC4CC(O)C5)c3)nc2n1-c1ccc(C2(N)CCC2)cc1. The molecule has 2 bridgehead atoms. The zero-order valence-corrected chi connectivity index (χ0v) is 27.2. The lowest BCUT2D eigenvalue weighted by Gasteiger charge is -2.39. The number of nitrogens with zero attached hydrogens (tertiary/aromatic N) is 5. The first-order valence-corrected chi connectivity index (χ1v) is 15.0. The van der Waals surface area contributed by atoms with Gasteiger partial charge in [-0.25, -0.2) is 15.0 Å². The fraction of sp³-hybridized carbons (Fsp3) is 0.324. The number of nitrogens with two attached hydrogens (primary N) is 2. The Morgan fingerprint density at radius 3 is 2.22 bits per heavy atom. The number of nitrogen functional groups attached to an aromatic ring is 1. The van der Waals surface area contributed by atoms with Gasteiger partial charge in [-0.2, -0.15) is 0 Å². The molecule has 1 aliphatic carbocycles. The summed E-state index contributed by atoms with van der Waals surface area (Å²) in [5, 5.41) is 10.3. The third-order valence-corrected chi connectivity index (χ3v) is 9.68. The van der Waals surface area contributed by atoms with E-state index in [0.717, 1.165) is 77.8 Å². The van der Waals surface area contributed by atoms with Crippen molar-refractivity contribution in [1.29, 1.82) is 0 Å². The molecule has 8 nitrogen and oxygen atoms in total. The summed E-state index contributed by atoms with van der Waals surface area (Å²) < 4.78 is 2.08. The van der Waals surface area contributed by atoms with Crippen molar-refractivity contribution in [3.8, 4) is 28.3 Å². The van der Waals surface area contributed by atoms with Gasteiger partial charge in [0.25, 0.3) is 0 Å². The van der Waals surface area contributed by atoms with E-state index in [9.17, 15) is 5.11 Å². The Balaban J connectivity index is 0.00000133. The molecule has 2 aromatic carbocycles. The van der Waals surface area contributed by atoms with Crippen LogP contribution in [0.3, 0.4) is 0 Å². The highest BCUT2D eigenvalue weighted by Crippen LogP contribution is 2.41. The lowest BCUT2D eigenvalue weighted by molar-refractivity contribution is 0.126. The van der Waals surface area contributed by atoms with Crippen LogP contribution in [-0.4, -0.2) is 42.8 Å². The molecular formula is C34H38Cl3N7O. The molecule has 5 N–H and O–H groups in total. The molecule has 45 heavy (non-hydrogen) atoms. The number of aliphatic hydroxyl groups is 1. The topological polar surface area (TPSA) is 119 Å². The summed E-state index contributed by atoms with van der Waals surface area (Å²) in [4.78, 5) is 17.1. The second-order valence-electron chi connectivity index (χ2n) is 12.3. The van der Waals surface area contributed by atoms with E-state index in [1.165, 1.54) is 12.1 Å². The van der Waals surface area contributed by atoms with Gasteiger partial charge in [0.05, 0.1) is 17.4 Å². The van der Waals surface area contributed by atoms with Crippen molar-refractivity contribution in [1.82, 2.24) is 19.5 Å². The number of piperidine rings is 1. The predicted molar refractivity (Wildman–Crippen MR) is 188 cm³/mol. The average Bonchev–Trinajstić information content (AvgIpc) is 3.50. The molecule has 3 aliphatic rings. The van der Waals surface area contributed by atoms with Crippen LogP contribution in [-0.2, 0) is 5.54 Å². The molecule has 11 heteroatoms. The van der Waals surface area contributed by atoms with Crippen molar-refractivity contribution >= 4 is 59.9 Å². The fourth-order valence-corrected chi connectivity index (χ4v) is 7.33. The van der Waals surface area contributed by atoms with E-state index in [0.29, 0.717) is 23.7 Å². The number of halogens is 3. The van der Waals surface area contributed by atoms with Gasteiger partial charge in [-0.1, -0.05) is 24.3 Å². The van der Waals surface area contributed by atoms with Crippen molar-refractivity contribution < 1.29 is 5.11 Å². The number of pyridine rings is 2. The van der Waals surface area contributed by atoms with Gasteiger partial charge < -0.3 is 21.5 Å². The molecule has 2 atom stereocenters. The summed E-state index contributed by atoms with van der Waals surface area (Å²) in [5.41, 5.74) is 20.3. The number of hydrogen-bond acceptors (Lipinski definition) is 7. The van der Waals surface area contributed by atoms with Crippen molar-refractivity contribution in [2.75, 3.05) is 10.6 Å². The molecule has 3 fully saturated rings. The Bertz CT molecular complexity index is 1790. The lowest BCUT2D eigenvalue weighted by atomic mass is 9.73. The molecule has 1 saturated carbocycles. The summed E-state index contributed by atoms with van der Waals surface area (Å²) >= 11 is 0. The van der Waals surface area contributed by atoms with Gasteiger partial charge in [0.15, 0.2) is 11.5 Å². The fourth-order valence-electron chi connectivity index (χ4n) is 7.33. The first kappa shape index (κ1) is 33.0. The largest absolute Gasteiger partial charge is 0.393 e. The van der Waals surface area contributed by atoms with Crippen molar-refractivity contribution in [2.45, 2.75) is 68.7 Å². The molecular weight excluding hydrogens is 629 g/mol. The first-order valence-electron chi connectivity index (χ1n) is 15.0. The van der Waals surface area contributed by atoms with E-state index in [1.807, 2.05) is 24.3 Å². The highest BCUT2D eigenvalue weighted by molar-refractivity contribution is 5.86. The van der Waals surface area contributed by atoms with Gasteiger partial charge in [-0.3, -0.25) is 4.57 Å². The predicted octanol–water partition coefficient (Wildman–Crippen LogP) is 6.83. The van der Waals surface area contributed by atoms with E-state index in [2.05, 4.69) is 63.0 Å². The molecule has 3 aromatic heterocycles. The van der Waals surface area contributed by atoms with Crippen LogP contribution < -0.4 is 16.4 Å². The third kappa shape index (κ3) is 5.64. The van der Waals surface area contributed by atoms with Gasteiger partial charge in [-0.15, -0.1) is 37.2 Å². The van der Waals surface area contributed by atoms with Crippen LogP contribution in [0.1, 0.15) is 50.5 Å². The van der Waals surface area contributed by atoms with Gasteiger partial charge in [0, 0.05) is 40.8 Å². The van der Waals surface area contributed by atoms with Crippen LogP contribution in [0.25, 0.3) is 39.5 Å². The zero-order valence-electron chi connectivity index (χ0n) is 24.8. The van der Waals surface area contributed by atoms with Crippen LogP contribution in [0.5, 0.6) is 0 Å². The molecule has 0 amide bonds. The van der Waals surface area contributed by atoms with E-state index in [1.54, 1.807) is 6.20 Å². The molecule has 0 radical (unpaired) electrons. The third-order valence-electron chi connectivity index (χ3n) is 9.68. The number of anilines is 2. The molecule has 2 saturated heterocycles. The van der Waals surface area contributed by atoms with Crippen LogP contribution in [0.2, 0.25) is 0 Å². The monoisotopic (exact) mass is 665 g/mol. The quantitative estimate of drug-likeness (QED) is 0.188. The molecule has 236 valence electrons. The first-order chi connectivity index (χ1) is 20.5. The van der Waals surface area contributed by atoms with Gasteiger partial charge in [0.1, 0.15) is 11.3 Å². The number of aliphatic hydroxyl groups excluding tert-OH is 1. The van der Waals surface area contributed by atoms with E-state index >= 15 is 0 Å². The highest BCUT2D eigenvalue weighted by atomic mass is 35.5. The van der Waals surface area contributed by atoms with Crippen molar-refractivity contribution in [3.05, 3.63) is 84.6 Å². The van der Waals surface area contributed by atoms with E-state index in [4.69, 9.17) is 21.4 Å². The number of rotatable bonds is 5. The standard InChI is InChI=1S/C34H35N7O.3ClH/c35-31-28(6-2-17-37-31)32-39-30-14-13-29(21-4-1-5-24(18-21)40-25-11-12-26(40)20-27(42)19-25)38-33(30)41(32)23-9-7-22(8-10-23)34(36)15-3-16-34;;;/h1-2,4-10,13-14,17-18,25-27,42H,3,11-12,15-16,19-20,36H2,(H2,35,37);3*1H. The van der Waals surface area contributed by atoms with Crippen molar-refractivity contribution in [2.24, 2.45) is 5.73 Å². The Hall–Kier alpha value is -3.40. The van der Waals surface area contributed by atoms with Crippen LogP contribution in [0.4, 0.5) is 11.5 Å². The summed E-state index contributed by atoms with van der Waals surface area (Å²) in [6, 6.07) is 25.8. The maximum Gasteiger partial charge on any atom is 0.165 e. The second-order valence-corrected chi connectivity index (χ2v) is 12.3.